The van der Waals surface area contributed by atoms with E-state index in [1.54, 1.807) is 36.4 Å². The van der Waals surface area contributed by atoms with Crippen LogP contribution >= 0.6 is 0 Å². The Labute approximate surface area is 102 Å². The molecule has 0 unspecified atom stereocenters. The number of fused-ring (bicyclic) bond motifs is 1. The van der Waals surface area contributed by atoms with Gasteiger partial charge in [-0.05, 0) is 18.2 Å². The first kappa shape index (κ1) is 11.1. The predicted molar refractivity (Wildman–Crippen MR) is 61.4 cm³/mol. The maximum atomic E-state index is 8.89. The Morgan fingerprint density at radius 2 is 1.78 bits per heavy atom. The minimum Gasteiger partial charge on any atom is -0.345 e. The molecule has 2 N–H and O–H groups in total. The van der Waals surface area contributed by atoms with Gasteiger partial charge in [0.2, 0.25) is 0 Å². The molecule has 1 aromatic carbocycles. The average molecular weight is 235 g/mol. The van der Waals surface area contributed by atoms with E-state index in [-0.39, 0.29) is 11.3 Å². The summed E-state index contributed by atoms with van der Waals surface area (Å²) >= 11 is 0. The molecular formula is C11H5N7. The zero-order valence-corrected chi connectivity index (χ0v) is 8.97. The molecule has 7 heteroatoms. The molecule has 0 atom stereocenters. The molecule has 84 valence electrons. The summed E-state index contributed by atoms with van der Waals surface area (Å²) in [5.41, 5.74) is 1.49. The zero-order valence-electron chi connectivity index (χ0n) is 8.97. The van der Waals surface area contributed by atoms with Crippen LogP contribution in [0.2, 0.25) is 0 Å². The first-order chi connectivity index (χ1) is 8.78. The Bertz CT molecular complexity index is 732. The summed E-state index contributed by atoms with van der Waals surface area (Å²) in [6, 6.07) is 10.1. The van der Waals surface area contributed by atoms with Crippen LogP contribution in [0.4, 0.5) is 5.69 Å². The lowest BCUT2D eigenvalue weighted by molar-refractivity contribution is 0.959. The van der Waals surface area contributed by atoms with Crippen LogP contribution in [0.25, 0.3) is 11.0 Å². The van der Waals surface area contributed by atoms with Crippen molar-refractivity contribution in [2.45, 2.75) is 0 Å². The van der Waals surface area contributed by atoms with Gasteiger partial charge in [-0.3, -0.25) is 0 Å². The number of nitrogens with one attached hydrogen (secondary N) is 2. The predicted octanol–water partition coefficient (Wildman–Crippen LogP) is 1.19. The van der Waals surface area contributed by atoms with Crippen LogP contribution in [-0.4, -0.2) is 15.4 Å². The molecule has 0 bridgehead atoms. The Hall–Kier alpha value is -3.37. The van der Waals surface area contributed by atoms with Crippen molar-refractivity contribution in [2.75, 3.05) is 5.32 Å². The molecule has 0 aliphatic heterocycles. The van der Waals surface area contributed by atoms with Gasteiger partial charge in [-0.2, -0.15) is 31.2 Å². The number of allylic oxidation sites excluding steroid dienone is 2. The van der Waals surface area contributed by atoms with Crippen molar-refractivity contribution in [3.05, 3.63) is 29.5 Å². The second kappa shape index (κ2) is 4.65. The molecule has 2 aromatic rings. The van der Waals surface area contributed by atoms with Gasteiger partial charge in [-0.25, -0.2) is 0 Å². The van der Waals surface area contributed by atoms with E-state index in [1.165, 1.54) is 0 Å². The maximum absolute atomic E-state index is 8.89. The standard InChI is InChI=1S/C11H5N7/c12-4-7(5-13)11(6-14)15-8-1-2-9-10(3-8)17-18-16-9/h1-3,15H,(H,16,17,18). The Balaban J connectivity index is 2.40. The number of aromatic nitrogens is 3. The monoisotopic (exact) mass is 235 g/mol. The van der Waals surface area contributed by atoms with Crippen LogP contribution in [0.1, 0.15) is 0 Å². The Morgan fingerprint density at radius 3 is 2.44 bits per heavy atom. The summed E-state index contributed by atoms with van der Waals surface area (Å²) in [6.07, 6.45) is 0. The first-order valence-corrected chi connectivity index (χ1v) is 4.80. The SMILES string of the molecule is N#CC(C#N)=C(C#N)Nc1ccc2n[nH]nc2c1. The minimum absolute atomic E-state index is 0.0946. The van der Waals surface area contributed by atoms with Gasteiger partial charge in [-0.1, -0.05) is 0 Å². The van der Waals surface area contributed by atoms with E-state index in [1.807, 2.05) is 0 Å². The summed E-state index contributed by atoms with van der Waals surface area (Å²) in [5.74, 6) is 0. The molecule has 7 nitrogen and oxygen atoms in total. The third-order valence-corrected chi connectivity index (χ3v) is 2.17. The zero-order chi connectivity index (χ0) is 13.0. The molecule has 0 amide bonds. The molecule has 0 aliphatic carbocycles. The molecule has 0 spiro atoms. The fourth-order valence-corrected chi connectivity index (χ4v) is 1.35. The lowest BCUT2D eigenvalue weighted by Crippen LogP contribution is -2.00. The average Bonchev–Trinajstić information content (AvgIpc) is 2.86. The third-order valence-electron chi connectivity index (χ3n) is 2.17. The van der Waals surface area contributed by atoms with Crippen molar-refractivity contribution in [1.82, 2.24) is 15.4 Å². The number of rotatable bonds is 2. The number of anilines is 1. The van der Waals surface area contributed by atoms with Crippen LogP contribution < -0.4 is 5.32 Å². The highest BCUT2D eigenvalue weighted by Gasteiger charge is 2.07. The van der Waals surface area contributed by atoms with E-state index in [2.05, 4.69) is 20.7 Å². The number of aromatic amines is 1. The number of nitrogens with zero attached hydrogens (tertiary/aromatic N) is 5. The van der Waals surface area contributed by atoms with Gasteiger partial charge in [0.1, 0.15) is 34.9 Å². The molecular weight excluding hydrogens is 230 g/mol. The van der Waals surface area contributed by atoms with Crippen molar-refractivity contribution < 1.29 is 0 Å². The molecule has 1 aromatic heterocycles. The largest absolute Gasteiger partial charge is 0.345 e. The van der Waals surface area contributed by atoms with Gasteiger partial charge in [-0.15, -0.1) is 0 Å². The van der Waals surface area contributed by atoms with E-state index < -0.39 is 0 Å². The number of benzene rings is 1. The number of hydrogen-bond acceptors (Lipinski definition) is 6. The molecule has 0 saturated heterocycles. The first-order valence-electron chi connectivity index (χ1n) is 4.80. The smallest absolute Gasteiger partial charge is 0.163 e. The highest BCUT2D eigenvalue weighted by molar-refractivity contribution is 5.78. The van der Waals surface area contributed by atoms with Crippen LogP contribution in [0.5, 0.6) is 0 Å². The van der Waals surface area contributed by atoms with Crippen LogP contribution in [0, 0.1) is 34.0 Å². The lowest BCUT2D eigenvalue weighted by Gasteiger charge is -2.03. The highest BCUT2D eigenvalue weighted by Crippen LogP contribution is 2.17. The fraction of sp³-hybridized carbons (Fsp3) is 0. The third kappa shape index (κ3) is 1.95. The van der Waals surface area contributed by atoms with Gasteiger partial charge in [0.15, 0.2) is 5.57 Å². The van der Waals surface area contributed by atoms with Gasteiger partial charge in [0.25, 0.3) is 0 Å². The number of hydrogen-bond donors (Lipinski definition) is 2. The van der Waals surface area contributed by atoms with E-state index in [0.29, 0.717) is 16.7 Å². The van der Waals surface area contributed by atoms with Crippen molar-refractivity contribution in [3.8, 4) is 18.2 Å². The van der Waals surface area contributed by atoms with Gasteiger partial charge >= 0.3 is 0 Å². The Morgan fingerprint density at radius 1 is 1.06 bits per heavy atom. The van der Waals surface area contributed by atoms with Crippen molar-refractivity contribution in [1.29, 1.82) is 15.8 Å². The lowest BCUT2D eigenvalue weighted by atomic mass is 10.2. The summed E-state index contributed by atoms with van der Waals surface area (Å²) in [5, 5.41) is 39.2. The summed E-state index contributed by atoms with van der Waals surface area (Å²) < 4.78 is 0. The van der Waals surface area contributed by atoms with Gasteiger partial charge in [0, 0.05) is 5.69 Å². The van der Waals surface area contributed by atoms with Crippen LogP contribution in [-0.2, 0) is 0 Å². The molecule has 2 rings (SSSR count). The van der Waals surface area contributed by atoms with E-state index in [4.69, 9.17) is 15.8 Å². The maximum Gasteiger partial charge on any atom is 0.163 e. The minimum atomic E-state index is -0.266. The van der Waals surface area contributed by atoms with Crippen molar-refractivity contribution >= 4 is 16.7 Å². The topological polar surface area (TPSA) is 125 Å². The number of H-pyrrole nitrogens is 1. The van der Waals surface area contributed by atoms with E-state index in [0.717, 1.165) is 0 Å². The Kier molecular flexibility index (Phi) is 2.87. The van der Waals surface area contributed by atoms with Crippen molar-refractivity contribution in [2.24, 2.45) is 0 Å². The molecule has 0 saturated carbocycles. The molecule has 0 aliphatic rings. The second-order valence-corrected chi connectivity index (χ2v) is 3.24. The normalized spacial score (nSPS) is 8.94. The van der Waals surface area contributed by atoms with Gasteiger partial charge < -0.3 is 5.32 Å². The summed E-state index contributed by atoms with van der Waals surface area (Å²) in [7, 11) is 0. The molecule has 18 heavy (non-hydrogen) atoms. The van der Waals surface area contributed by atoms with E-state index >= 15 is 0 Å². The quantitative estimate of drug-likeness (QED) is 0.753. The molecule has 0 radical (unpaired) electrons. The van der Waals surface area contributed by atoms with Crippen LogP contribution in [0.15, 0.2) is 29.5 Å². The van der Waals surface area contributed by atoms with Crippen molar-refractivity contribution in [3.63, 3.8) is 0 Å². The molecule has 1 heterocycles. The van der Waals surface area contributed by atoms with Gasteiger partial charge in [0.05, 0.1) is 0 Å². The number of nitriles is 3. The summed E-state index contributed by atoms with van der Waals surface area (Å²) in [4.78, 5) is 0. The molecule has 0 fully saturated rings. The fourth-order valence-electron chi connectivity index (χ4n) is 1.35. The van der Waals surface area contributed by atoms with E-state index in [9.17, 15) is 0 Å². The second-order valence-electron chi connectivity index (χ2n) is 3.24. The van der Waals surface area contributed by atoms with Crippen LogP contribution in [0.3, 0.4) is 0 Å². The highest BCUT2D eigenvalue weighted by atomic mass is 15.3. The summed E-state index contributed by atoms with van der Waals surface area (Å²) in [6.45, 7) is 0.